The van der Waals surface area contributed by atoms with Gasteiger partial charge in [0.25, 0.3) is 0 Å². The van der Waals surface area contributed by atoms with Crippen LogP contribution < -0.4 is 10.1 Å². The van der Waals surface area contributed by atoms with Crippen LogP contribution in [-0.2, 0) is 11.3 Å². The molecule has 0 heterocycles. The first-order chi connectivity index (χ1) is 11.7. The zero-order valence-corrected chi connectivity index (χ0v) is 15.6. The molecule has 0 aliphatic carbocycles. The van der Waals surface area contributed by atoms with Gasteiger partial charge in [0.15, 0.2) is 17.4 Å². The third kappa shape index (κ3) is 5.42. The number of anilines is 1. The van der Waals surface area contributed by atoms with Crippen LogP contribution in [0.3, 0.4) is 0 Å². The van der Waals surface area contributed by atoms with Gasteiger partial charge in [0.05, 0.1) is 5.69 Å². The smallest absolute Gasteiger partial charge is 0.412 e. The van der Waals surface area contributed by atoms with Crippen molar-refractivity contribution in [3.05, 3.63) is 58.1 Å². The molecule has 1 amide bonds. The average molecular weight is 414 g/mol. The fourth-order valence-electron chi connectivity index (χ4n) is 1.95. The van der Waals surface area contributed by atoms with Crippen LogP contribution in [0.1, 0.15) is 26.3 Å². The predicted molar refractivity (Wildman–Crippen MR) is 94.7 cm³/mol. The summed E-state index contributed by atoms with van der Waals surface area (Å²) in [7, 11) is 0. The highest BCUT2D eigenvalue weighted by Crippen LogP contribution is 2.35. The summed E-state index contributed by atoms with van der Waals surface area (Å²) < 4.78 is 39.1. The molecular formula is C18H18BrF2NO3. The van der Waals surface area contributed by atoms with E-state index in [4.69, 9.17) is 9.47 Å². The Morgan fingerprint density at radius 3 is 2.44 bits per heavy atom. The van der Waals surface area contributed by atoms with Gasteiger partial charge in [-0.2, -0.15) is 0 Å². The third-order valence-corrected chi connectivity index (χ3v) is 3.61. The first-order valence-electron chi connectivity index (χ1n) is 7.51. The van der Waals surface area contributed by atoms with Gasteiger partial charge in [-0.05, 0) is 48.3 Å². The van der Waals surface area contributed by atoms with Crippen LogP contribution in [0.15, 0.2) is 40.9 Å². The second-order valence-electron chi connectivity index (χ2n) is 6.26. The van der Waals surface area contributed by atoms with E-state index >= 15 is 0 Å². The van der Waals surface area contributed by atoms with E-state index in [1.165, 1.54) is 0 Å². The van der Waals surface area contributed by atoms with Gasteiger partial charge in [-0.1, -0.05) is 30.3 Å². The lowest BCUT2D eigenvalue weighted by atomic mass is 10.2. The molecule has 0 bridgehead atoms. The van der Waals surface area contributed by atoms with Gasteiger partial charge in [0, 0.05) is 4.47 Å². The van der Waals surface area contributed by atoms with Gasteiger partial charge in [0.2, 0.25) is 0 Å². The van der Waals surface area contributed by atoms with Crippen LogP contribution in [0.2, 0.25) is 0 Å². The average Bonchev–Trinajstić information content (AvgIpc) is 2.50. The van der Waals surface area contributed by atoms with E-state index in [1.807, 2.05) is 6.07 Å². The number of hydrogen-bond acceptors (Lipinski definition) is 3. The summed E-state index contributed by atoms with van der Waals surface area (Å²) in [5.41, 5.74) is -0.246. The topological polar surface area (TPSA) is 47.6 Å². The number of benzene rings is 2. The number of rotatable bonds is 4. The normalized spacial score (nSPS) is 11.1. The van der Waals surface area contributed by atoms with Gasteiger partial charge in [0.1, 0.15) is 12.2 Å². The highest BCUT2D eigenvalue weighted by molar-refractivity contribution is 9.10. The minimum absolute atomic E-state index is 0.0117. The van der Waals surface area contributed by atoms with Crippen molar-refractivity contribution in [3.8, 4) is 5.75 Å². The second-order valence-corrected chi connectivity index (χ2v) is 7.11. The van der Waals surface area contributed by atoms with E-state index in [0.29, 0.717) is 0 Å². The van der Waals surface area contributed by atoms with E-state index < -0.39 is 29.1 Å². The summed E-state index contributed by atoms with van der Waals surface area (Å²) in [4.78, 5) is 11.9. The number of ether oxygens (including phenoxy) is 2. The first kappa shape index (κ1) is 19.2. The van der Waals surface area contributed by atoms with E-state index in [-0.39, 0.29) is 16.8 Å². The number of amides is 1. The van der Waals surface area contributed by atoms with Crippen molar-refractivity contribution < 1.29 is 23.0 Å². The zero-order valence-electron chi connectivity index (χ0n) is 14.0. The molecule has 4 nitrogen and oxygen atoms in total. The van der Waals surface area contributed by atoms with Crippen LogP contribution in [0.4, 0.5) is 19.3 Å². The molecule has 0 atom stereocenters. The molecule has 0 saturated carbocycles. The zero-order chi connectivity index (χ0) is 18.6. The van der Waals surface area contributed by atoms with Crippen LogP contribution in [0.25, 0.3) is 0 Å². The monoisotopic (exact) mass is 413 g/mol. The lowest BCUT2D eigenvalue weighted by Gasteiger charge is -2.20. The Labute approximate surface area is 153 Å². The molecule has 0 aliphatic rings. The molecular weight excluding hydrogens is 396 g/mol. The fraction of sp³-hybridized carbons (Fsp3) is 0.278. The van der Waals surface area contributed by atoms with Crippen molar-refractivity contribution in [1.29, 1.82) is 0 Å². The maximum atomic E-state index is 14.6. The summed E-state index contributed by atoms with van der Waals surface area (Å²) in [5, 5.41) is 2.27. The predicted octanol–water partition coefficient (Wildman–Crippen LogP) is 5.65. The molecule has 134 valence electrons. The molecule has 7 heteroatoms. The molecule has 2 rings (SSSR count). The molecule has 1 N–H and O–H groups in total. The quantitative estimate of drug-likeness (QED) is 0.703. The Morgan fingerprint density at radius 1 is 1.20 bits per heavy atom. The van der Waals surface area contributed by atoms with Gasteiger partial charge in [-0.25, -0.2) is 13.6 Å². The second kappa shape index (κ2) is 7.82. The molecule has 2 aromatic carbocycles. The van der Waals surface area contributed by atoms with E-state index in [0.717, 1.165) is 11.6 Å². The maximum absolute atomic E-state index is 14.6. The highest BCUT2D eigenvalue weighted by atomic mass is 79.9. The minimum Gasteiger partial charge on any atom is -0.483 e. The van der Waals surface area contributed by atoms with E-state index in [2.05, 4.69) is 21.2 Å². The van der Waals surface area contributed by atoms with Crippen LogP contribution in [0.5, 0.6) is 5.75 Å². The molecule has 0 aromatic heterocycles. The van der Waals surface area contributed by atoms with Crippen molar-refractivity contribution in [2.45, 2.75) is 33.0 Å². The van der Waals surface area contributed by atoms with Gasteiger partial charge in [-0.15, -0.1) is 0 Å². The Balaban J connectivity index is 2.22. The van der Waals surface area contributed by atoms with Crippen LogP contribution in [0, 0.1) is 11.6 Å². The molecule has 25 heavy (non-hydrogen) atoms. The van der Waals surface area contributed by atoms with Crippen LogP contribution >= 0.6 is 15.9 Å². The summed E-state index contributed by atoms with van der Waals surface area (Å²) >= 11 is 3.03. The summed E-state index contributed by atoms with van der Waals surface area (Å²) in [6.07, 6.45) is -0.854. The minimum atomic E-state index is -1.02. The number of carbonyl (C=O) groups excluding carboxylic acids is 1. The van der Waals surface area contributed by atoms with Crippen molar-refractivity contribution in [2.75, 3.05) is 5.32 Å². The molecule has 0 radical (unpaired) electrons. The lowest BCUT2D eigenvalue weighted by molar-refractivity contribution is 0.0635. The van der Waals surface area contributed by atoms with E-state index in [1.54, 1.807) is 45.0 Å². The van der Waals surface area contributed by atoms with Crippen LogP contribution in [-0.4, -0.2) is 11.7 Å². The number of halogens is 3. The fourth-order valence-corrected chi connectivity index (χ4v) is 2.43. The summed E-state index contributed by atoms with van der Waals surface area (Å²) in [5.74, 6) is -2.47. The SMILES string of the molecule is CC(C)(C)OC(=O)Nc1c(Br)cc(F)c(OCc2ccccc2)c1F. The summed E-state index contributed by atoms with van der Waals surface area (Å²) in [6.45, 7) is 5.02. The Bertz CT molecular complexity index is 761. The summed E-state index contributed by atoms with van der Waals surface area (Å²) in [6, 6.07) is 9.98. The largest absolute Gasteiger partial charge is 0.483 e. The number of nitrogens with one attached hydrogen (secondary N) is 1. The standard InChI is InChI=1S/C18H18BrF2NO3/c1-18(2,3)25-17(23)22-15-12(19)9-13(20)16(14(15)21)24-10-11-7-5-4-6-8-11/h4-9H,10H2,1-3H3,(H,22,23). The number of carbonyl (C=O) groups is 1. The molecule has 0 aliphatic heterocycles. The Morgan fingerprint density at radius 2 is 1.84 bits per heavy atom. The van der Waals surface area contributed by atoms with Gasteiger partial charge in [-0.3, -0.25) is 5.32 Å². The lowest BCUT2D eigenvalue weighted by Crippen LogP contribution is -2.27. The van der Waals surface area contributed by atoms with Gasteiger partial charge >= 0.3 is 6.09 Å². The van der Waals surface area contributed by atoms with Crippen molar-refractivity contribution in [3.63, 3.8) is 0 Å². The maximum Gasteiger partial charge on any atom is 0.412 e. The molecule has 0 spiro atoms. The van der Waals surface area contributed by atoms with Crippen molar-refractivity contribution in [1.82, 2.24) is 0 Å². The first-order valence-corrected chi connectivity index (χ1v) is 8.31. The van der Waals surface area contributed by atoms with Crippen molar-refractivity contribution in [2.24, 2.45) is 0 Å². The Kier molecular flexibility index (Phi) is 6.00. The van der Waals surface area contributed by atoms with E-state index in [9.17, 15) is 13.6 Å². The van der Waals surface area contributed by atoms with Crippen molar-refractivity contribution >= 4 is 27.7 Å². The highest BCUT2D eigenvalue weighted by Gasteiger charge is 2.23. The number of hydrogen-bond donors (Lipinski definition) is 1. The third-order valence-electron chi connectivity index (χ3n) is 2.98. The molecule has 0 fully saturated rings. The molecule has 2 aromatic rings. The van der Waals surface area contributed by atoms with Gasteiger partial charge < -0.3 is 9.47 Å². The molecule has 0 saturated heterocycles. The molecule has 0 unspecified atom stereocenters. The Hall–Kier alpha value is -2.15.